The second-order valence-electron chi connectivity index (χ2n) is 6.08. The summed E-state index contributed by atoms with van der Waals surface area (Å²) < 4.78 is 39.8. The summed E-state index contributed by atoms with van der Waals surface area (Å²) in [5, 5.41) is 10.4. The van der Waals surface area contributed by atoms with E-state index in [-0.39, 0.29) is 5.75 Å². The normalized spacial score (nSPS) is 13.3. The molecule has 0 amide bonds. The minimum atomic E-state index is -4.43. The number of halogens is 3. The van der Waals surface area contributed by atoms with E-state index in [9.17, 15) is 18.3 Å². The zero-order valence-corrected chi connectivity index (χ0v) is 14.5. The maximum Gasteiger partial charge on any atom is 0.416 e. The van der Waals surface area contributed by atoms with Crippen LogP contribution in [0.25, 0.3) is 0 Å². The Labute approximate surface area is 152 Å². The van der Waals surface area contributed by atoms with Gasteiger partial charge in [0.2, 0.25) is 0 Å². The quantitative estimate of drug-likeness (QED) is 0.404. The highest BCUT2D eigenvalue weighted by Gasteiger charge is 2.34. The van der Waals surface area contributed by atoms with E-state index in [1.54, 1.807) is 23.1 Å². The van der Waals surface area contributed by atoms with Gasteiger partial charge < -0.3 is 10.0 Å². The van der Waals surface area contributed by atoms with Gasteiger partial charge >= 0.3 is 6.18 Å². The number of anilines is 3. The molecule has 0 saturated carbocycles. The van der Waals surface area contributed by atoms with E-state index in [0.29, 0.717) is 16.3 Å². The molecule has 2 nitrogen and oxygen atoms in total. The molecule has 1 N–H and O–H groups in total. The number of aryl methyl sites for hydroxylation is 1. The van der Waals surface area contributed by atoms with Gasteiger partial charge in [-0.2, -0.15) is 13.2 Å². The molecule has 1 heterocycles. The number of phenols is 1. The fourth-order valence-corrected chi connectivity index (χ4v) is 4.04. The lowest BCUT2D eigenvalue weighted by Crippen LogP contribution is -2.16. The topological polar surface area (TPSA) is 23.5 Å². The van der Waals surface area contributed by atoms with Crippen molar-refractivity contribution < 1.29 is 18.3 Å². The van der Waals surface area contributed by atoms with Crippen molar-refractivity contribution in [3.63, 3.8) is 0 Å². The van der Waals surface area contributed by atoms with Crippen LogP contribution in [0.1, 0.15) is 11.1 Å². The van der Waals surface area contributed by atoms with Gasteiger partial charge in [0.1, 0.15) is 5.75 Å². The number of hydrogen-bond acceptors (Lipinski definition) is 3. The van der Waals surface area contributed by atoms with Crippen LogP contribution < -0.4 is 4.90 Å². The first-order chi connectivity index (χ1) is 12.3. The summed E-state index contributed by atoms with van der Waals surface area (Å²) in [5.41, 5.74) is 1.79. The zero-order chi connectivity index (χ0) is 18.5. The molecule has 0 bridgehead atoms. The molecule has 1 aliphatic rings. The first-order valence-electron chi connectivity index (χ1n) is 7.92. The van der Waals surface area contributed by atoms with E-state index in [4.69, 9.17) is 0 Å². The lowest BCUT2D eigenvalue weighted by molar-refractivity contribution is -0.137. The average Bonchev–Trinajstić information content (AvgIpc) is 2.60. The minimum absolute atomic E-state index is 0.0145. The third-order valence-corrected chi connectivity index (χ3v) is 5.36. The Hall–Kier alpha value is -2.60. The Morgan fingerprint density at radius 3 is 2.35 bits per heavy atom. The number of hydrogen-bond donors (Lipinski definition) is 1. The molecule has 0 spiro atoms. The number of benzene rings is 3. The van der Waals surface area contributed by atoms with Gasteiger partial charge in [-0.25, -0.2) is 0 Å². The average molecular weight is 373 g/mol. The third-order valence-electron chi connectivity index (χ3n) is 4.23. The third kappa shape index (κ3) is 2.80. The molecule has 0 fully saturated rings. The van der Waals surface area contributed by atoms with Crippen molar-refractivity contribution in [2.75, 3.05) is 4.90 Å². The maximum absolute atomic E-state index is 13.3. The SMILES string of the molecule is Cc1ccc(O)c(N2c3ccccc3Sc3ccc(C(F)(F)F)cc32)c1. The minimum Gasteiger partial charge on any atom is -0.506 e. The number of phenolic OH excluding ortho intramolecular Hbond substituents is 1. The monoisotopic (exact) mass is 373 g/mol. The van der Waals surface area contributed by atoms with Gasteiger partial charge in [-0.05, 0) is 55.0 Å². The van der Waals surface area contributed by atoms with Gasteiger partial charge in [0.15, 0.2) is 0 Å². The van der Waals surface area contributed by atoms with Crippen LogP contribution in [0.3, 0.4) is 0 Å². The Kier molecular flexibility index (Phi) is 3.88. The van der Waals surface area contributed by atoms with Crippen LogP contribution in [0.5, 0.6) is 5.75 Å². The van der Waals surface area contributed by atoms with Crippen molar-refractivity contribution in [2.45, 2.75) is 22.9 Å². The van der Waals surface area contributed by atoms with Crippen LogP contribution in [0.15, 0.2) is 70.5 Å². The van der Waals surface area contributed by atoms with Gasteiger partial charge in [-0.3, -0.25) is 0 Å². The number of alkyl halides is 3. The predicted octanol–water partition coefficient (Wildman–Crippen LogP) is 6.65. The predicted molar refractivity (Wildman–Crippen MR) is 96.7 cm³/mol. The van der Waals surface area contributed by atoms with Crippen LogP contribution in [0, 0.1) is 6.92 Å². The van der Waals surface area contributed by atoms with Crippen molar-refractivity contribution in [2.24, 2.45) is 0 Å². The molecule has 3 aromatic carbocycles. The fraction of sp³-hybridized carbons (Fsp3) is 0.100. The Bertz CT molecular complexity index is 1000. The van der Waals surface area contributed by atoms with Gasteiger partial charge in [-0.15, -0.1) is 0 Å². The molecule has 132 valence electrons. The molecule has 3 aromatic rings. The highest BCUT2D eigenvalue weighted by molar-refractivity contribution is 7.99. The van der Waals surface area contributed by atoms with Gasteiger partial charge in [0.05, 0.1) is 22.6 Å². The summed E-state index contributed by atoms with van der Waals surface area (Å²) in [6.07, 6.45) is -4.43. The second kappa shape index (κ2) is 5.99. The van der Waals surface area contributed by atoms with Gasteiger partial charge in [0.25, 0.3) is 0 Å². The Balaban J connectivity index is 1.99. The largest absolute Gasteiger partial charge is 0.506 e. The molecule has 0 unspecified atom stereocenters. The Morgan fingerprint density at radius 1 is 0.846 bits per heavy atom. The molecule has 0 aromatic heterocycles. The van der Waals surface area contributed by atoms with Crippen LogP contribution in [-0.2, 0) is 6.18 Å². The highest BCUT2D eigenvalue weighted by Crippen LogP contribution is 2.53. The van der Waals surface area contributed by atoms with Crippen LogP contribution in [0.4, 0.5) is 30.2 Å². The van der Waals surface area contributed by atoms with Gasteiger partial charge in [-0.1, -0.05) is 30.0 Å². The van der Waals surface area contributed by atoms with Crippen LogP contribution >= 0.6 is 11.8 Å². The maximum atomic E-state index is 13.3. The summed E-state index contributed by atoms with van der Waals surface area (Å²) in [4.78, 5) is 3.32. The summed E-state index contributed by atoms with van der Waals surface area (Å²) in [6.45, 7) is 1.88. The molecule has 0 aliphatic carbocycles. The van der Waals surface area contributed by atoms with E-state index in [1.165, 1.54) is 17.8 Å². The number of rotatable bonds is 1. The number of aromatic hydroxyl groups is 1. The molecule has 0 radical (unpaired) electrons. The van der Waals surface area contributed by atoms with Crippen LogP contribution in [-0.4, -0.2) is 5.11 Å². The lowest BCUT2D eigenvalue weighted by Gasteiger charge is -2.33. The molecule has 1 aliphatic heterocycles. The molecule has 0 saturated heterocycles. The Morgan fingerprint density at radius 2 is 1.58 bits per heavy atom. The zero-order valence-electron chi connectivity index (χ0n) is 13.7. The highest BCUT2D eigenvalue weighted by atomic mass is 32.2. The lowest BCUT2D eigenvalue weighted by atomic mass is 10.1. The van der Waals surface area contributed by atoms with E-state index in [0.717, 1.165) is 28.3 Å². The van der Waals surface area contributed by atoms with Crippen molar-refractivity contribution in [1.29, 1.82) is 0 Å². The summed E-state index contributed by atoms with van der Waals surface area (Å²) >= 11 is 1.42. The van der Waals surface area contributed by atoms with Crippen molar-refractivity contribution in [3.8, 4) is 5.75 Å². The number of para-hydroxylation sites is 1. The standard InChI is InChI=1S/C20H14F3NOS/c1-12-6-8-17(25)15(10-12)24-14-4-2-3-5-18(14)26-19-9-7-13(11-16(19)24)20(21,22)23/h2-11,25H,1H3. The van der Waals surface area contributed by atoms with E-state index in [1.807, 2.05) is 31.2 Å². The van der Waals surface area contributed by atoms with Crippen LogP contribution in [0.2, 0.25) is 0 Å². The number of nitrogens with zero attached hydrogens (tertiary/aromatic N) is 1. The van der Waals surface area contributed by atoms with Crippen molar-refractivity contribution in [1.82, 2.24) is 0 Å². The number of fused-ring (bicyclic) bond motifs is 2. The van der Waals surface area contributed by atoms with Gasteiger partial charge in [0, 0.05) is 9.79 Å². The smallest absolute Gasteiger partial charge is 0.416 e. The fourth-order valence-electron chi connectivity index (χ4n) is 3.00. The summed E-state index contributed by atoms with van der Waals surface area (Å²) in [5.74, 6) is 0.0145. The van der Waals surface area contributed by atoms with E-state index >= 15 is 0 Å². The summed E-state index contributed by atoms with van der Waals surface area (Å²) in [7, 11) is 0. The molecule has 6 heteroatoms. The molecule has 0 atom stereocenters. The first kappa shape index (κ1) is 16.8. The van der Waals surface area contributed by atoms with Crippen molar-refractivity contribution in [3.05, 3.63) is 71.8 Å². The molecular formula is C20H14F3NOS. The first-order valence-corrected chi connectivity index (χ1v) is 8.74. The molecule has 4 rings (SSSR count). The second-order valence-corrected chi connectivity index (χ2v) is 7.16. The van der Waals surface area contributed by atoms with E-state index in [2.05, 4.69) is 0 Å². The molecule has 26 heavy (non-hydrogen) atoms. The summed E-state index contributed by atoms with van der Waals surface area (Å²) in [6, 6.07) is 16.3. The molecular weight excluding hydrogens is 359 g/mol. The van der Waals surface area contributed by atoms with E-state index < -0.39 is 11.7 Å². The van der Waals surface area contributed by atoms with Crippen molar-refractivity contribution >= 4 is 28.8 Å².